The number of pyridine rings is 1. The summed E-state index contributed by atoms with van der Waals surface area (Å²) in [5.41, 5.74) is 2.08. The van der Waals surface area contributed by atoms with Crippen LogP contribution in [0.1, 0.15) is 21.6 Å². The second-order valence-corrected chi connectivity index (χ2v) is 4.48. The minimum Gasteiger partial charge on any atom is -0.496 e. The second kappa shape index (κ2) is 6.74. The Kier molecular flexibility index (Phi) is 4.77. The zero-order chi connectivity index (χ0) is 15.2. The first-order valence-electron chi connectivity index (χ1n) is 6.57. The molecule has 0 atom stereocenters. The van der Waals surface area contributed by atoms with Crippen LogP contribution in [0.2, 0.25) is 0 Å². The molecule has 21 heavy (non-hydrogen) atoms. The highest BCUT2D eigenvalue weighted by Gasteiger charge is 2.17. The van der Waals surface area contributed by atoms with Gasteiger partial charge < -0.3 is 14.8 Å². The Hall–Kier alpha value is -2.56. The van der Waals surface area contributed by atoms with E-state index in [0.717, 1.165) is 11.3 Å². The van der Waals surface area contributed by atoms with Crippen LogP contribution in [0.3, 0.4) is 0 Å². The summed E-state index contributed by atoms with van der Waals surface area (Å²) in [6.07, 6.45) is 1.69. The molecule has 1 amide bonds. The summed E-state index contributed by atoms with van der Waals surface area (Å²) >= 11 is 0. The minimum absolute atomic E-state index is 0.205. The highest BCUT2D eigenvalue weighted by molar-refractivity contribution is 5.97. The SMILES string of the molecule is COc1ccc(C(=O)NCc2ccccn2)c(OC)c1C. The van der Waals surface area contributed by atoms with Crippen molar-refractivity contribution in [3.05, 3.63) is 53.3 Å². The molecule has 5 nitrogen and oxygen atoms in total. The molecule has 1 aromatic heterocycles. The summed E-state index contributed by atoms with van der Waals surface area (Å²) in [4.78, 5) is 16.5. The summed E-state index contributed by atoms with van der Waals surface area (Å²) in [7, 11) is 3.12. The Balaban J connectivity index is 2.17. The van der Waals surface area contributed by atoms with E-state index in [0.29, 0.717) is 23.6 Å². The van der Waals surface area contributed by atoms with Gasteiger partial charge in [0.05, 0.1) is 32.0 Å². The van der Waals surface area contributed by atoms with E-state index in [1.165, 1.54) is 7.11 Å². The van der Waals surface area contributed by atoms with Crippen molar-refractivity contribution in [2.24, 2.45) is 0 Å². The average molecular weight is 286 g/mol. The maximum atomic E-state index is 12.3. The Bertz CT molecular complexity index is 627. The third-order valence-corrected chi connectivity index (χ3v) is 3.18. The Morgan fingerprint density at radius 3 is 2.62 bits per heavy atom. The zero-order valence-electron chi connectivity index (χ0n) is 12.3. The van der Waals surface area contributed by atoms with Gasteiger partial charge in [-0.25, -0.2) is 0 Å². The number of carbonyl (C=O) groups excluding carboxylic acids is 1. The number of carbonyl (C=O) groups is 1. The van der Waals surface area contributed by atoms with Crippen molar-refractivity contribution in [1.82, 2.24) is 10.3 Å². The van der Waals surface area contributed by atoms with Gasteiger partial charge >= 0.3 is 0 Å². The van der Waals surface area contributed by atoms with Gasteiger partial charge in [0, 0.05) is 11.8 Å². The first kappa shape index (κ1) is 14.8. The molecule has 110 valence electrons. The molecule has 0 bridgehead atoms. The lowest BCUT2D eigenvalue weighted by Gasteiger charge is -2.14. The Morgan fingerprint density at radius 1 is 1.19 bits per heavy atom. The molecule has 1 heterocycles. The van der Waals surface area contributed by atoms with Crippen LogP contribution in [-0.2, 0) is 6.54 Å². The van der Waals surface area contributed by atoms with E-state index >= 15 is 0 Å². The van der Waals surface area contributed by atoms with Crippen LogP contribution in [0.4, 0.5) is 0 Å². The van der Waals surface area contributed by atoms with Gasteiger partial charge in [-0.15, -0.1) is 0 Å². The lowest BCUT2D eigenvalue weighted by atomic mass is 10.1. The number of hydrogen-bond acceptors (Lipinski definition) is 4. The number of rotatable bonds is 5. The fraction of sp³-hybridized carbons (Fsp3) is 0.250. The minimum atomic E-state index is -0.205. The number of ether oxygens (including phenoxy) is 2. The van der Waals surface area contributed by atoms with Crippen molar-refractivity contribution in [3.63, 3.8) is 0 Å². The van der Waals surface area contributed by atoms with Gasteiger partial charge in [-0.2, -0.15) is 0 Å². The number of nitrogens with one attached hydrogen (secondary N) is 1. The summed E-state index contributed by atoms with van der Waals surface area (Å²) < 4.78 is 10.6. The number of hydrogen-bond donors (Lipinski definition) is 1. The lowest BCUT2D eigenvalue weighted by Crippen LogP contribution is -2.24. The maximum Gasteiger partial charge on any atom is 0.255 e. The van der Waals surface area contributed by atoms with Crippen molar-refractivity contribution in [2.45, 2.75) is 13.5 Å². The quantitative estimate of drug-likeness (QED) is 0.916. The molecule has 0 fully saturated rings. The highest BCUT2D eigenvalue weighted by Crippen LogP contribution is 2.31. The van der Waals surface area contributed by atoms with Crippen molar-refractivity contribution in [3.8, 4) is 11.5 Å². The molecule has 2 aromatic rings. The molecule has 0 aliphatic heterocycles. The van der Waals surface area contributed by atoms with Crippen molar-refractivity contribution in [2.75, 3.05) is 14.2 Å². The van der Waals surface area contributed by atoms with E-state index in [1.54, 1.807) is 25.4 Å². The van der Waals surface area contributed by atoms with Gasteiger partial charge in [0.25, 0.3) is 5.91 Å². The standard InChI is InChI=1S/C16H18N2O3/c1-11-14(20-2)8-7-13(15(11)21-3)16(19)18-10-12-6-4-5-9-17-12/h4-9H,10H2,1-3H3,(H,18,19). The van der Waals surface area contributed by atoms with Gasteiger partial charge in [-0.05, 0) is 31.2 Å². The highest BCUT2D eigenvalue weighted by atomic mass is 16.5. The number of nitrogens with zero attached hydrogens (tertiary/aromatic N) is 1. The van der Waals surface area contributed by atoms with Crippen molar-refractivity contribution < 1.29 is 14.3 Å². The van der Waals surface area contributed by atoms with Crippen LogP contribution in [-0.4, -0.2) is 25.1 Å². The van der Waals surface area contributed by atoms with Gasteiger partial charge in [-0.3, -0.25) is 9.78 Å². The van der Waals surface area contributed by atoms with E-state index in [4.69, 9.17) is 9.47 Å². The third-order valence-electron chi connectivity index (χ3n) is 3.18. The molecule has 1 N–H and O–H groups in total. The largest absolute Gasteiger partial charge is 0.496 e. The summed E-state index contributed by atoms with van der Waals surface area (Å²) in [5, 5.41) is 2.83. The van der Waals surface area contributed by atoms with Crippen LogP contribution < -0.4 is 14.8 Å². The van der Waals surface area contributed by atoms with Crippen LogP contribution in [0.5, 0.6) is 11.5 Å². The lowest BCUT2D eigenvalue weighted by molar-refractivity contribution is 0.0947. The zero-order valence-corrected chi connectivity index (χ0v) is 12.3. The monoisotopic (exact) mass is 286 g/mol. The van der Waals surface area contributed by atoms with Gasteiger partial charge in [0.2, 0.25) is 0 Å². The average Bonchev–Trinajstić information content (AvgIpc) is 2.53. The molecular formula is C16H18N2O3. The molecule has 2 rings (SSSR count). The van der Waals surface area contributed by atoms with E-state index in [1.807, 2.05) is 25.1 Å². The van der Waals surface area contributed by atoms with E-state index in [9.17, 15) is 4.79 Å². The number of benzene rings is 1. The van der Waals surface area contributed by atoms with Crippen LogP contribution in [0.15, 0.2) is 36.5 Å². The third kappa shape index (κ3) is 3.31. The van der Waals surface area contributed by atoms with Crippen LogP contribution in [0, 0.1) is 6.92 Å². The molecule has 0 aliphatic carbocycles. The Labute approximate surface area is 123 Å². The normalized spacial score (nSPS) is 10.0. The molecular weight excluding hydrogens is 268 g/mol. The molecule has 1 aromatic carbocycles. The van der Waals surface area contributed by atoms with E-state index in [-0.39, 0.29) is 5.91 Å². The van der Waals surface area contributed by atoms with E-state index in [2.05, 4.69) is 10.3 Å². The number of methoxy groups -OCH3 is 2. The van der Waals surface area contributed by atoms with E-state index < -0.39 is 0 Å². The summed E-state index contributed by atoms with van der Waals surface area (Å²) in [6.45, 7) is 2.22. The number of aromatic nitrogens is 1. The fourth-order valence-corrected chi connectivity index (χ4v) is 2.11. The molecule has 0 unspecified atom stereocenters. The molecule has 5 heteroatoms. The first-order valence-corrected chi connectivity index (χ1v) is 6.57. The predicted octanol–water partition coefficient (Wildman–Crippen LogP) is 2.34. The predicted molar refractivity (Wildman–Crippen MR) is 79.7 cm³/mol. The smallest absolute Gasteiger partial charge is 0.255 e. The molecule has 0 saturated carbocycles. The molecule has 0 radical (unpaired) electrons. The van der Waals surface area contributed by atoms with Crippen molar-refractivity contribution in [1.29, 1.82) is 0 Å². The van der Waals surface area contributed by atoms with Crippen LogP contribution >= 0.6 is 0 Å². The maximum absolute atomic E-state index is 12.3. The second-order valence-electron chi connectivity index (χ2n) is 4.48. The van der Waals surface area contributed by atoms with Crippen LogP contribution in [0.25, 0.3) is 0 Å². The molecule has 0 aliphatic rings. The van der Waals surface area contributed by atoms with Crippen molar-refractivity contribution >= 4 is 5.91 Å². The van der Waals surface area contributed by atoms with Gasteiger partial charge in [0.15, 0.2) is 0 Å². The Morgan fingerprint density at radius 2 is 2.00 bits per heavy atom. The topological polar surface area (TPSA) is 60.5 Å². The summed E-state index contributed by atoms with van der Waals surface area (Å²) in [5.74, 6) is 1.00. The first-order chi connectivity index (χ1) is 10.2. The molecule has 0 spiro atoms. The number of amides is 1. The fourth-order valence-electron chi connectivity index (χ4n) is 2.11. The molecule has 0 saturated heterocycles. The van der Waals surface area contributed by atoms with Gasteiger partial charge in [0.1, 0.15) is 11.5 Å². The van der Waals surface area contributed by atoms with Gasteiger partial charge in [-0.1, -0.05) is 6.07 Å². The summed E-state index contributed by atoms with van der Waals surface area (Å²) in [6, 6.07) is 9.02.